The van der Waals surface area contributed by atoms with Gasteiger partial charge in [0.1, 0.15) is 11.6 Å². The molecule has 0 unspecified atom stereocenters. The highest BCUT2D eigenvalue weighted by Gasteiger charge is 2.29. The van der Waals surface area contributed by atoms with E-state index in [9.17, 15) is 17.2 Å². The van der Waals surface area contributed by atoms with Crippen molar-refractivity contribution < 1.29 is 17.2 Å². The Kier molecular flexibility index (Phi) is 4.45. The molecular formula is C12H17F2NO2S. The van der Waals surface area contributed by atoms with E-state index in [1.54, 1.807) is 13.8 Å². The SMILES string of the molecule is CC(C)(CNCc1ccc(F)cc1F)S(C)(=O)=O. The van der Waals surface area contributed by atoms with Crippen LogP contribution in [0.3, 0.4) is 0 Å². The number of hydrogen-bond acceptors (Lipinski definition) is 3. The monoisotopic (exact) mass is 277 g/mol. The number of hydrogen-bond donors (Lipinski definition) is 1. The summed E-state index contributed by atoms with van der Waals surface area (Å²) in [6.45, 7) is 3.54. The minimum Gasteiger partial charge on any atom is -0.311 e. The average molecular weight is 277 g/mol. The van der Waals surface area contributed by atoms with Crippen molar-refractivity contribution in [3.63, 3.8) is 0 Å². The molecule has 0 aliphatic heterocycles. The van der Waals surface area contributed by atoms with Crippen LogP contribution in [0.25, 0.3) is 0 Å². The first-order valence-electron chi connectivity index (χ1n) is 5.48. The zero-order chi connectivity index (χ0) is 14.0. The van der Waals surface area contributed by atoms with Crippen molar-refractivity contribution in [3.8, 4) is 0 Å². The van der Waals surface area contributed by atoms with E-state index >= 15 is 0 Å². The van der Waals surface area contributed by atoms with Gasteiger partial charge in [-0.2, -0.15) is 0 Å². The summed E-state index contributed by atoms with van der Waals surface area (Å²) in [4.78, 5) is 0. The highest BCUT2D eigenvalue weighted by Crippen LogP contribution is 2.14. The van der Waals surface area contributed by atoms with Crippen LogP contribution in [-0.4, -0.2) is 26.0 Å². The van der Waals surface area contributed by atoms with Crippen molar-refractivity contribution in [1.82, 2.24) is 5.32 Å². The average Bonchev–Trinajstić information content (AvgIpc) is 2.19. The van der Waals surface area contributed by atoms with Gasteiger partial charge in [0, 0.05) is 31.0 Å². The van der Waals surface area contributed by atoms with Crippen LogP contribution in [-0.2, 0) is 16.4 Å². The molecule has 0 fully saturated rings. The predicted molar refractivity (Wildman–Crippen MR) is 67.0 cm³/mol. The van der Waals surface area contributed by atoms with Gasteiger partial charge in [-0.1, -0.05) is 6.07 Å². The standard InChI is InChI=1S/C12H17F2NO2S/c1-12(2,18(3,16)17)8-15-7-9-4-5-10(13)6-11(9)14/h4-6,15H,7-8H2,1-3H3. The first-order valence-corrected chi connectivity index (χ1v) is 7.37. The Morgan fingerprint density at radius 3 is 2.39 bits per heavy atom. The van der Waals surface area contributed by atoms with Gasteiger partial charge in [0.15, 0.2) is 9.84 Å². The highest BCUT2D eigenvalue weighted by atomic mass is 32.2. The zero-order valence-corrected chi connectivity index (χ0v) is 11.4. The summed E-state index contributed by atoms with van der Waals surface area (Å²) in [7, 11) is -3.19. The molecule has 0 saturated heterocycles. The van der Waals surface area contributed by atoms with Crippen molar-refractivity contribution in [2.45, 2.75) is 25.1 Å². The molecule has 1 aromatic rings. The van der Waals surface area contributed by atoms with Gasteiger partial charge < -0.3 is 5.32 Å². The smallest absolute Gasteiger partial charge is 0.153 e. The molecule has 0 radical (unpaired) electrons. The Labute approximate surface area is 106 Å². The molecule has 102 valence electrons. The second kappa shape index (κ2) is 5.32. The molecule has 0 atom stereocenters. The third kappa shape index (κ3) is 3.74. The second-order valence-electron chi connectivity index (χ2n) is 4.87. The summed E-state index contributed by atoms with van der Waals surface area (Å²) in [6.07, 6.45) is 1.16. The first-order chi connectivity index (χ1) is 8.13. The van der Waals surface area contributed by atoms with Crippen LogP contribution in [0.4, 0.5) is 8.78 Å². The maximum absolute atomic E-state index is 13.3. The van der Waals surface area contributed by atoms with Gasteiger partial charge in [-0.3, -0.25) is 0 Å². The third-order valence-electron chi connectivity index (χ3n) is 2.89. The van der Waals surface area contributed by atoms with Gasteiger partial charge in [0.2, 0.25) is 0 Å². The molecule has 0 amide bonds. The highest BCUT2D eigenvalue weighted by molar-refractivity contribution is 7.92. The molecule has 3 nitrogen and oxygen atoms in total. The topological polar surface area (TPSA) is 46.2 Å². The van der Waals surface area contributed by atoms with Crippen molar-refractivity contribution in [2.24, 2.45) is 0 Å². The normalized spacial score (nSPS) is 12.7. The Morgan fingerprint density at radius 1 is 1.28 bits per heavy atom. The number of benzene rings is 1. The lowest BCUT2D eigenvalue weighted by Gasteiger charge is -2.22. The largest absolute Gasteiger partial charge is 0.311 e. The summed E-state index contributed by atoms with van der Waals surface area (Å²) >= 11 is 0. The lowest BCUT2D eigenvalue weighted by atomic mass is 10.2. The molecule has 1 N–H and O–H groups in total. The van der Waals surface area contributed by atoms with Gasteiger partial charge in [-0.05, 0) is 19.9 Å². The fourth-order valence-electron chi connectivity index (χ4n) is 1.29. The van der Waals surface area contributed by atoms with Crippen LogP contribution in [0.15, 0.2) is 18.2 Å². The van der Waals surface area contributed by atoms with Gasteiger partial charge in [0.25, 0.3) is 0 Å². The van der Waals surface area contributed by atoms with Crippen molar-refractivity contribution in [3.05, 3.63) is 35.4 Å². The number of halogens is 2. The number of nitrogens with one attached hydrogen (secondary N) is 1. The molecule has 0 heterocycles. The number of rotatable bonds is 5. The van der Waals surface area contributed by atoms with Crippen molar-refractivity contribution in [2.75, 3.05) is 12.8 Å². The summed E-state index contributed by atoms with van der Waals surface area (Å²) in [6, 6.07) is 3.31. The molecule has 0 aliphatic carbocycles. The van der Waals surface area contributed by atoms with E-state index in [0.717, 1.165) is 12.3 Å². The molecule has 0 aromatic heterocycles. The van der Waals surface area contributed by atoms with Crippen molar-refractivity contribution in [1.29, 1.82) is 0 Å². The van der Waals surface area contributed by atoms with Crippen LogP contribution in [0.5, 0.6) is 0 Å². The maximum atomic E-state index is 13.3. The molecule has 0 saturated carbocycles. The van der Waals surface area contributed by atoms with Crippen LogP contribution >= 0.6 is 0 Å². The Balaban J connectivity index is 2.62. The van der Waals surface area contributed by atoms with E-state index in [4.69, 9.17) is 0 Å². The molecule has 1 rings (SSSR count). The molecule has 0 spiro atoms. The Morgan fingerprint density at radius 2 is 1.89 bits per heavy atom. The van der Waals surface area contributed by atoms with E-state index in [2.05, 4.69) is 5.32 Å². The molecular weight excluding hydrogens is 260 g/mol. The summed E-state index contributed by atoms with van der Waals surface area (Å²) in [5, 5.41) is 2.87. The molecule has 0 aliphatic rings. The predicted octanol–water partition coefficient (Wildman–Crippen LogP) is 1.88. The molecule has 1 aromatic carbocycles. The quantitative estimate of drug-likeness (QED) is 0.894. The number of sulfone groups is 1. The van der Waals surface area contributed by atoms with Gasteiger partial charge in [-0.15, -0.1) is 0 Å². The minimum absolute atomic E-state index is 0.158. The molecule has 6 heteroatoms. The van der Waals surface area contributed by atoms with Crippen LogP contribution < -0.4 is 5.32 Å². The Hall–Kier alpha value is -1.01. The second-order valence-corrected chi connectivity index (χ2v) is 7.52. The van der Waals surface area contributed by atoms with E-state index in [1.807, 2.05) is 0 Å². The summed E-state index contributed by atoms with van der Waals surface area (Å²) in [5.74, 6) is -1.27. The van der Waals surface area contributed by atoms with Crippen LogP contribution in [0.1, 0.15) is 19.4 Å². The maximum Gasteiger partial charge on any atom is 0.153 e. The van der Waals surface area contributed by atoms with Gasteiger partial charge in [-0.25, -0.2) is 17.2 Å². The van der Waals surface area contributed by atoms with Gasteiger partial charge in [0.05, 0.1) is 4.75 Å². The van der Waals surface area contributed by atoms with Gasteiger partial charge >= 0.3 is 0 Å². The Bertz CT molecular complexity index is 527. The fourth-order valence-corrected chi connectivity index (χ4v) is 1.66. The minimum atomic E-state index is -3.19. The van der Waals surface area contributed by atoms with E-state index in [0.29, 0.717) is 5.56 Å². The third-order valence-corrected chi connectivity index (χ3v) is 5.04. The van der Waals surface area contributed by atoms with E-state index < -0.39 is 26.2 Å². The first kappa shape index (κ1) is 15.0. The summed E-state index contributed by atoms with van der Waals surface area (Å²) in [5.41, 5.74) is 0.306. The molecule has 18 heavy (non-hydrogen) atoms. The van der Waals surface area contributed by atoms with Crippen LogP contribution in [0.2, 0.25) is 0 Å². The van der Waals surface area contributed by atoms with E-state index in [1.165, 1.54) is 12.1 Å². The lowest BCUT2D eigenvalue weighted by Crippen LogP contribution is -2.41. The van der Waals surface area contributed by atoms with E-state index in [-0.39, 0.29) is 13.1 Å². The van der Waals surface area contributed by atoms with Crippen LogP contribution in [0, 0.1) is 11.6 Å². The van der Waals surface area contributed by atoms with Crippen molar-refractivity contribution >= 4 is 9.84 Å². The summed E-state index contributed by atoms with van der Waals surface area (Å²) < 4.78 is 47.9. The lowest BCUT2D eigenvalue weighted by molar-refractivity contribution is 0.512. The molecule has 0 bridgehead atoms. The fraction of sp³-hybridized carbons (Fsp3) is 0.500. The zero-order valence-electron chi connectivity index (χ0n) is 10.6.